The molecule has 1 saturated heterocycles. The lowest BCUT2D eigenvalue weighted by Gasteiger charge is -2.24. The molecule has 19 heavy (non-hydrogen) atoms. The second-order valence-corrected chi connectivity index (χ2v) is 5.89. The topological polar surface area (TPSA) is 50.2 Å². The molecule has 3 atom stereocenters. The summed E-state index contributed by atoms with van der Waals surface area (Å²) in [5, 5.41) is 3.42. The number of carbonyl (C=O) groups is 1. The van der Waals surface area contributed by atoms with Crippen molar-refractivity contribution in [2.24, 2.45) is 18.9 Å². The molecular weight excluding hydrogens is 240 g/mol. The molecule has 0 bridgehead atoms. The first-order valence-corrected chi connectivity index (χ1v) is 7.11. The summed E-state index contributed by atoms with van der Waals surface area (Å²) in [5.74, 6) is 2.42. The molecule has 0 spiro atoms. The van der Waals surface area contributed by atoms with Crippen LogP contribution in [0.3, 0.4) is 0 Å². The van der Waals surface area contributed by atoms with Gasteiger partial charge in [-0.05, 0) is 31.2 Å². The van der Waals surface area contributed by atoms with Crippen molar-refractivity contribution in [1.29, 1.82) is 0 Å². The molecule has 2 aliphatic rings. The number of nitrogens with one attached hydrogen (secondary N) is 1. The number of hydrogen-bond donors (Lipinski definition) is 1. The van der Waals surface area contributed by atoms with Crippen molar-refractivity contribution < 1.29 is 4.79 Å². The van der Waals surface area contributed by atoms with Gasteiger partial charge in [0.2, 0.25) is 5.91 Å². The summed E-state index contributed by atoms with van der Waals surface area (Å²) in [6, 6.07) is 0.0257. The van der Waals surface area contributed by atoms with Gasteiger partial charge in [-0.15, -0.1) is 0 Å². The minimum atomic E-state index is 0.0257. The van der Waals surface area contributed by atoms with E-state index < -0.39 is 0 Å². The number of likely N-dealkylation sites (N-methyl/N-ethyl adjacent to an activating group) is 1. The van der Waals surface area contributed by atoms with Crippen molar-refractivity contribution >= 4 is 5.91 Å². The largest absolute Gasteiger partial charge is 0.337 e. The Morgan fingerprint density at radius 3 is 3.16 bits per heavy atom. The Morgan fingerprint density at radius 2 is 2.42 bits per heavy atom. The van der Waals surface area contributed by atoms with Crippen LogP contribution in [0.15, 0.2) is 12.4 Å². The minimum absolute atomic E-state index is 0.0257. The number of fused-ring (bicyclic) bond motifs is 1. The fraction of sp³-hybridized carbons (Fsp3) is 0.714. The predicted octanol–water partition coefficient (Wildman–Crippen LogP) is 0.767. The number of amides is 1. The van der Waals surface area contributed by atoms with Gasteiger partial charge in [0, 0.05) is 26.5 Å². The number of carbonyl (C=O) groups excluding carboxylic acids is 1. The third-order valence-corrected chi connectivity index (χ3v) is 4.69. The van der Waals surface area contributed by atoms with Crippen LogP contribution in [0.4, 0.5) is 0 Å². The molecule has 2 fully saturated rings. The first-order valence-electron chi connectivity index (χ1n) is 7.11. The number of rotatable bonds is 3. The van der Waals surface area contributed by atoms with Crippen molar-refractivity contribution in [3.8, 4) is 0 Å². The van der Waals surface area contributed by atoms with Gasteiger partial charge in [0.15, 0.2) is 0 Å². The highest BCUT2D eigenvalue weighted by atomic mass is 16.2. The van der Waals surface area contributed by atoms with Gasteiger partial charge in [0.25, 0.3) is 0 Å². The van der Waals surface area contributed by atoms with Crippen LogP contribution in [0, 0.1) is 11.8 Å². The Hall–Kier alpha value is -1.36. The van der Waals surface area contributed by atoms with Gasteiger partial charge < -0.3 is 14.8 Å². The summed E-state index contributed by atoms with van der Waals surface area (Å²) in [6.45, 7) is 1.59. The van der Waals surface area contributed by atoms with Crippen molar-refractivity contribution in [3.63, 3.8) is 0 Å². The standard InChI is InChI=1S/C14H22N4O/c1-17-7-6-15-12(17)9-18(2)14(19)13-11-5-3-4-10(11)8-16-13/h6-7,10-11,13,16H,3-5,8-9H2,1-2H3. The van der Waals surface area contributed by atoms with Crippen LogP contribution >= 0.6 is 0 Å². The second kappa shape index (κ2) is 4.96. The summed E-state index contributed by atoms with van der Waals surface area (Å²) in [7, 11) is 3.84. The molecule has 1 aromatic heterocycles. The van der Waals surface area contributed by atoms with E-state index in [-0.39, 0.29) is 11.9 Å². The number of nitrogens with zero attached hydrogens (tertiary/aromatic N) is 3. The highest BCUT2D eigenvalue weighted by Gasteiger charge is 2.43. The zero-order valence-electron chi connectivity index (χ0n) is 11.7. The first kappa shape index (κ1) is 12.7. The molecule has 1 aliphatic heterocycles. The van der Waals surface area contributed by atoms with E-state index in [1.807, 2.05) is 24.9 Å². The van der Waals surface area contributed by atoms with Gasteiger partial charge in [-0.1, -0.05) is 6.42 Å². The molecule has 104 valence electrons. The van der Waals surface area contributed by atoms with E-state index in [0.717, 1.165) is 18.3 Å². The lowest BCUT2D eigenvalue weighted by molar-refractivity contribution is -0.133. The predicted molar refractivity (Wildman–Crippen MR) is 72.3 cm³/mol. The van der Waals surface area contributed by atoms with E-state index in [9.17, 15) is 4.79 Å². The lowest BCUT2D eigenvalue weighted by Crippen LogP contribution is -2.44. The summed E-state index contributed by atoms with van der Waals surface area (Å²) in [5.41, 5.74) is 0. The minimum Gasteiger partial charge on any atom is -0.337 e. The summed E-state index contributed by atoms with van der Waals surface area (Å²) < 4.78 is 1.96. The molecule has 3 unspecified atom stereocenters. The maximum Gasteiger partial charge on any atom is 0.240 e. The van der Waals surface area contributed by atoms with Crippen molar-refractivity contribution in [2.45, 2.75) is 31.8 Å². The van der Waals surface area contributed by atoms with Gasteiger partial charge in [0.05, 0.1) is 12.6 Å². The van der Waals surface area contributed by atoms with Gasteiger partial charge >= 0.3 is 0 Å². The van der Waals surface area contributed by atoms with Crippen LogP contribution in [-0.4, -0.2) is 40.0 Å². The van der Waals surface area contributed by atoms with E-state index in [1.54, 1.807) is 11.1 Å². The van der Waals surface area contributed by atoms with Crippen LogP contribution in [0.25, 0.3) is 0 Å². The molecule has 1 aromatic rings. The molecule has 1 saturated carbocycles. The Labute approximate surface area is 114 Å². The average Bonchev–Trinajstić information content (AvgIpc) is 3.05. The number of imidazole rings is 1. The molecule has 1 aliphatic carbocycles. The molecule has 5 nitrogen and oxygen atoms in total. The number of aromatic nitrogens is 2. The Balaban J connectivity index is 1.65. The molecule has 1 N–H and O–H groups in total. The molecule has 0 radical (unpaired) electrons. The fourth-order valence-corrected chi connectivity index (χ4v) is 3.53. The number of hydrogen-bond acceptors (Lipinski definition) is 3. The Morgan fingerprint density at radius 1 is 1.58 bits per heavy atom. The monoisotopic (exact) mass is 262 g/mol. The van der Waals surface area contributed by atoms with E-state index in [2.05, 4.69) is 10.3 Å². The molecule has 0 aromatic carbocycles. The smallest absolute Gasteiger partial charge is 0.240 e. The third-order valence-electron chi connectivity index (χ3n) is 4.69. The summed E-state index contributed by atoms with van der Waals surface area (Å²) in [4.78, 5) is 18.6. The van der Waals surface area contributed by atoms with Gasteiger partial charge in [0.1, 0.15) is 5.82 Å². The van der Waals surface area contributed by atoms with Gasteiger partial charge in [-0.2, -0.15) is 0 Å². The second-order valence-electron chi connectivity index (χ2n) is 5.89. The SMILES string of the molecule is CN(Cc1nccn1C)C(=O)C1NCC2CCCC21. The zero-order chi connectivity index (χ0) is 13.4. The van der Waals surface area contributed by atoms with Crippen LogP contribution in [0.1, 0.15) is 25.1 Å². The van der Waals surface area contributed by atoms with Gasteiger partial charge in [-0.25, -0.2) is 4.98 Å². The van der Waals surface area contributed by atoms with E-state index in [0.29, 0.717) is 12.5 Å². The van der Waals surface area contributed by atoms with Crippen LogP contribution in [0.2, 0.25) is 0 Å². The molecular formula is C14H22N4O. The average molecular weight is 262 g/mol. The van der Waals surface area contributed by atoms with E-state index >= 15 is 0 Å². The van der Waals surface area contributed by atoms with Crippen molar-refractivity contribution in [2.75, 3.05) is 13.6 Å². The van der Waals surface area contributed by atoms with Crippen LogP contribution < -0.4 is 5.32 Å². The van der Waals surface area contributed by atoms with Gasteiger partial charge in [-0.3, -0.25) is 4.79 Å². The third kappa shape index (κ3) is 2.27. The highest BCUT2D eigenvalue weighted by molar-refractivity contribution is 5.82. The van der Waals surface area contributed by atoms with E-state index in [4.69, 9.17) is 0 Å². The molecule has 5 heteroatoms. The van der Waals surface area contributed by atoms with Crippen LogP contribution in [-0.2, 0) is 18.4 Å². The molecule has 1 amide bonds. The quantitative estimate of drug-likeness (QED) is 0.875. The molecule has 3 rings (SSSR count). The Kier molecular flexibility index (Phi) is 3.31. The van der Waals surface area contributed by atoms with Crippen molar-refractivity contribution in [1.82, 2.24) is 19.8 Å². The zero-order valence-corrected chi connectivity index (χ0v) is 11.7. The maximum atomic E-state index is 12.6. The lowest BCUT2D eigenvalue weighted by atomic mass is 9.93. The summed E-state index contributed by atoms with van der Waals surface area (Å²) in [6.07, 6.45) is 7.45. The number of aryl methyl sites for hydroxylation is 1. The maximum absolute atomic E-state index is 12.6. The van der Waals surface area contributed by atoms with Crippen LogP contribution in [0.5, 0.6) is 0 Å². The summed E-state index contributed by atoms with van der Waals surface area (Å²) >= 11 is 0. The Bertz CT molecular complexity index is 470. The highest BCUT2D eigenvalue weighted by Crippen LogP contribution is 2.38. The van der Waals surface area contributed by atoms with Crippen molar-refractivity contribution in [3.05, 3.63) is 18.2 Å². The fourth-order valence-electron chi connectivity index (χ4n) is 3.53. The van der Waals surface area contributed by atoms with E-state index in [1.165, 1.54) is 19.3 Å². The molecule has 2 heterocycles. The first-order chi connectivity index (χ1) is 9.16. The normalized spacial score (nSPS) is 29.5.